The van der Waals surface area contributed by atoms with E-state index < -0.39 is 5.41 Å². The molecule has 6 aromatic carbocycles. The van der Waals surface area contributed by atoms with Crippen LogP contribution in [0.5, 0.6) is 23.0 Å². The summed E-state index contributed by atoms with van der Waals surface area (Å²) >= 11 is 0. The van der Waals surface area contributed by atoms with Crippen LogP contribution in [-0.4, -0.2) is 18.9 Å². The fraction of sp³-hybridized carbons (Fsp3) is 0.116. The zero-order valence-electron chi connectivity index (χ0n) is 27.0. The molecule has 0 N–H and O–H groups in total. The van der Waals surface area contributed by atoms with Gasteiger partial charge in [0.05, 0.1) is 18.9 Å². The van der Waals surface area contributed by atoms with Gasteiger partial charge in [-0.1, -0.05) is 109 Å². The van der Waals surface area contributed by atoms with Gasteiger partial charge in [0.25, 0.3) is 0 Å². The minimum Gasteiger partial charge on any atom is -0.497 e. The fourth-order valence-corrected chi connectivity index (χ4v) is 6.10. The third-order valence-corrected chi connectivity index (χ3v) is 8.34. The van der Waals surface area contributed by atoms with Crippen LogP contribution in [0.1, 0.15) is 40.3 Å². The molecule has 0 saturated heterocycles. The average Bonchev–Trinajstić information content (AvgIpc) is 3.12. The molecule has 0 radical (unpaired) electrons. The average molecular weight is 633 g/mol. The molecule has 0 spiro atoms. The molecule has 0 fully saturated rings. The van der Waals surface area contributed by atoms with Gasteiger partial charge >= 0.3 is 5.97 Å². The largest absolute Gasteiger partial charge is 0.497 e. The summed E-state index contributed by atoms with van der Waals surface area (Å²) < 4.78 is 17.2. The first-order valence-corrected chi connectivity index (χ1v) is 15.9. The van der Waals surface area contributed by atoms with Crippen molar-refractivity contribution in [1.82, 2.24) is 0 Å². The maximum absolute atomic E-state index is 13.0. The number of methoxy groups -OCH3 is 1. The third-order valence-electron chi connectivity index (χ3n) is 8.34. The zero-order chi connectivity index (χ0) is 33.3. The van der Waals surface area contributed by atoms with E-state index in [0.29, 0.717) is 23.7 Å². The Morgan fingerprint density at radius 3 is 1.31 bits per heavy atom. The molecule has 0 atom stereocenters. The van der Waals surface area contributed by atoms with Crippen molar-refractivity contribution >= 4 is 11.8 Å². The van der Waals surface area contributed by atoms with E-state index in [1.807, 2.05) is 97.1 Å². The Morgan fingerprint density at radius 1 is 0.479 bits per heavy atom. The van der Waals surface area contributed by atoms with Crippen LogP contribution in [0.2, 0.25) is 0 Å². The van der Waals surface area contributed by atoms with Gasteiger partial charge in [-0.25, -0.2) is 0 Å². The van der Waals surface area contributed by atoms with E-state index in [1.54, 1.807) is 14.0 Å². The molecule has 6 aromatic rings. The van der Waals surface area contributed by atoms with E-state index in [0.717, 1.165) is 39.1 Å². The van der Waals surface area contributed by atoms with E-state index in [-0.39, 0.29) is 18.2 Å². The van der Waals surface area contributed by atoms with Crippen molar-refractivity contribution in [3.63, 3.8) is 0 Å². The summed E-state index contributed by atoms with van der Waals surface area (Å²) in [5.74, 6) is 2.35. The summed E-state index contributed by atoms with van der Waals surface area (Å²) in [5, 5.41) is 0. The maximum atomic E-state index is 13.0. The van der Waals surface area contributed by atoms with Gasteiger partial charge in [-0.15, -0.1) is 0 Å². The number of benzene rings is 6. The van der Waals surface area contributed by atoms with Crippen LogP contribution in [0, 0.1) is 0 Å². The maximum Gasteiger partial charge on any atom is 0.315 e. The molecule has 0 aliphatic rings. The zero-order valence-corrected chi connectivity index (χ0v) is 27.0. The van der Waals surface area contributed by atoms with Gasteiger partial charge in [0, 0.05) is 6.42 Å². The number of ether oxygens (including phenoxy) is 3. The van der Waals surface area contributed by atoms with E-state index in [2.05, 4.69) is 60.7 Å². The van der Waals surface area contributed by atoms with Crippen molar-refractivity contribution in [3.8, 4) is 23.0 Å². The van der Waals surface area contributed by atoms with Crippen molar-refractivity contribution in [3.05, 3.63) is 191 Å². The molecule has 0 heterocycles. The fourth-order valence-electron chi connectivity index (χ4n) is 6.10. The van der Waals surface area contributed by atoms with Crippen molar-refractivity contribution in [2.45, 2.75) is 25.2 Å². The molecular formula is C43H36O5. The van der Waals surface area contributed by atoms with Gasteiger partial charge in [-0.2, -0.15) is 0 Å². The van der Waals surface area contributed by atoms with Crippen LogP contribution >= 0.6 is 0 Å². The van der Waals surface area contributed by atoms with Gasteiger partial charge in [-0.3, -0.25) is 9.59 Å². The summed E-state index contributed by atoms with van der Waals surface area (Å²) in [6.45, 7) is 1.57. The molecular weight excluding hydrogens is 596 g/mol. The first-order chi connectivity index (χ1) is 23.4. The minimum atomic E-state index is -0.627. The Morgan fingerprint density at radius 2 is 0.875 bits per heavy atom. The molecule has 0 bridgehead atoms. The molecule has 48 heavy (non-hydrogen) atoms. The lowest BCUT2D eigenvalue weighted by atomic mass is 9.65. The van der Waals surface area contributed by atoms with Crippen LogP contribution in [0.3, 0.4) is 0 Å². The summed E-state index contributed by atoms with van der Waals surface area (Å²) in [5.41, 5.74) is 5.48. The van der Waals surface area contributed by atoms with Crippen molar-refractivity contribution < 1.29 is 23.8 Å². The van der Waals surface area contributed by atoms with Crippen LogP contribution < -0.4 is 14.2 Å². The van der Waals surface area contributed by atoms with Gasteiger partial charge in [0.15, 0.2) is 0 Å². The second kappa shape index (κ2) is 14.7. The Bertz CT molecular complexity index is 1910. The molecule has 5 heteroatoms. The van der Waals surface area contributed by atoms with Crippen LogP contribution in [0.25, 0.3) is 0 Å². The standard InChI is InChI=1S/C43H36O5/c1-31(44)29-32-13-21-39(22-14-32)47-40-23-15-33(16-24-40)30-42(45)48-41-27-19-37(20-28-41)43(34-9-5-3-6-10-34,35-11-7-4-8-12-35)36-17-25-38(46-2)26-18-36/h3-28H,29-30H2,1-2H3. The molecule has 238 valence electrons. The van der Waals surface area contributed by atoms with Gasteiger partial charge in [0.1, 0.15) is 28.8 Å². The number of carbonyl (C=O) groups excluding carboxylic acids is 2. The summed E-state index contributed by atoms with van der Waals surface area (Å²) in [7, 11) is 1.67. The molecule has 0 aromatic heterocycles. The highest BCUT2D eigenvalue weighted by Crippen LogP contribution is 2.45. The summed E-state index contributed by atoms with van der Waals surface area (Å²) in [6.07, 6.45) is 0.520. The SMILES string of the molecule is COc1ccc(C(c2ccccc2)(c2ccccc2)c2ccc(OC(=O)Cc3ccc(Oc4ccc(CC(C)=O)cc4)cc3)cc2)cc1. The van der Waals surface area contributed by atoms with E-state index in [4.69, 9.17) is 14.2 Å². The molecule has 5 nitrogen and oxygen atoms in total. The lowest BCUT2D eigenvalue weighted by Gasteiger charge is -2.37. The van der Waals surface area contributed by atoms with Crippen molar-refractivity contribution in [2.24, 2.45) is 0 Å². The first kappa shape index (κ1) is 32.0. The number of hydrogen-bond acceptors (Lipinski definition) is 5. The number of rotatable bonds is 12. The number of Topliss-reactive ketones (excluding diaryl/α,β-unsaturated/α-hetero) is 1. The molecule has 0 saturated carbocycles. The Kier molecular flexibility index (Phi) is 9.77. The monoisotopic (exact) mass is 632 g/mol. The highest BCUT2D eigenvalue weighted by molar-refractivity contribution is 5.78. The summed E-state index contributed by atoms with van der Waals surface area (Å²) in [4.78, 5) is 24.3. The highest BCUT2D eigenvalue weighted by Gasteiger charge is 2.38. The van der Waals surface area contributed by atoms with Crippen LogP contribution in [0.4, 0.5) is 0 Å². The van der Waals surface area contributed by atoms with Gasteiger partial charge in [0.2, 0.25) is 0 Å². The normalized spacial score (nSPS) is 11.0. The second-order valence-electron chi connectivity index (χ2n) is 11.7. The van der Waals surface area contributed by atoms with E-state index in [9.17, 15) is 9.59 Å². The number of ketones is 1. The van der Waals surface area contributed by atoms with Gasteiger partial charge < -0.3 is 14.2 Å². The molecule has 0 amide bonds. The number of hydrogen-bond donors (Lipinski definition) is 0. The smallest absolute Gasteiger partial charge is 0.315 e. The van der Waals surface area contributed by atoms with E-state index >= 15 is 0 Å². The lowest BCUT2D eigenvalue weighted by molar-refractivity contribution is -0.133. The van der Waals surface area contributed by atoms with Crippen molar-refractivity contribution in [2.75, 3.05) is 7.11 Å². The highest BCUT2D eigenvalue weighted by atomic mass is 16.5. The van der Waals surface area contributed by atoms with E-state index in [1.165, 1.54) is 0 Å². The second-order valence-corrected chi connectivity index (χ2v) is 11.7. The Hall–Kier alpha value is -5.94. The molecule has 6 rings (SSSR count). The first-order valence-electron chi connectivity index (χ1n) is 15.9. The number of carbonyl (C=O) groups is 2. The van der Waals surface area contributed by atoms with Crippen molar-refractivity contribution in [1.29, 1.82) is 0 Å². The molecule has 0 aliphatic carbocycles. The Labute approximate surface area is 281 Å². The Balaban J connectivity index is 1.20. The minimum absolute atomic E-state index is 0.117. The topological polar surface area (TPSA) is 61.8 Å². The number of esters is 1. The summed E-state index contributed by atoms with van der Waals surface area (Å²) in [6, 6.07) is 51.6. The molecule has 0 unspecified atom stereocenters. The lowest BCUT2D eigenvalue weighted by Crippen LogP contribution is -2.31. The molecule has 0 aliphatic heterocycles. The van der Waals surface area contributed by atoms with Gasteiger partial charge in [-0.05, 0) is 88.8 Å². The quantitative estimate of drug-likeness (QED) is 0.0765. The predicted octanol–water partition coefficient (Wildman–Crippen LogP) is 9.15. The van der Waals surface area contributed by atoms with Crippen LogP contribution in [0.15, 0.2) is 158 Å². The van der Waals surface area contributed by atoms with Crippen LogP contribution in [-0.2, 0) is 27.8 Å². The predicted molar refractivity (Wildman–Crippen MR) is 188 cm³/mol. The third kappa shape index (κ3) is 7.21.